The van der Waals surface area contributed by atoms with Crippen LogP contribution in [0.4, 0.5) is 11.4 Å². The highest BCUT2D eigenvalue weighted by Gasteiger charge is 2.19. The maximum absolute atomic E-state index is 12.6. The predicted octanol–water partition coefficient (Wildman–Crippen LogP) is 3.82. The van der Waals surface area contributed by atoms with Gasteiger partial charge in [0.25, 0.3) is 5.91 Å². The summed E-state index contributed by atoms with van der Waals surface area (Å²) in [7, 11) is 3.85. The van der Waals surface area contributed by atoms with Crippen molar-refractivity contribution in [3.05, 3.63) is 47.0 Å². The van der Waals surface area contributed by atoms with Crippen molar-refractivity contribution in [1.82, 2.24) is 0 Å². The molecule has 0 aliphatic carbocycles. The van der Waals surface area contributed by atoms with E-state index in [0.29, 0.717) is 35.3 Å². The third kappa shape index (κ3) is 3.41. The number of carbonyl (C=O) groups excluding carboxylic acids is 1. The van der Waals surface area contributed by atoms with Crippen LogP contribution in [0.1, 0.15) is 16.8 Å². The zero-order valence-corrected chi connectivity index (χ0v) is 14.4. The van der Waals surface area contributed by atoms with E-state index in [-0.39, 0.29) is 5.91 Å². The quantitative estimate of drug-likeness (QED) is 0.918. The van der Waals surface area contributed by atoms with Crippen LogP contribution in [0, 0.1) is 0 Å². The zero-order chi connectivity index (χ0) is 17.1. The second-order valence-electron chi connectivity index (χ2n) is 5.70. The lowest BCUT2D eigenvalue weighted by Crippen LogP contribution is -2.16. The summed E-state index contributed by atoms with van der Waals surface area (Å²) in [6.07, 6.45) is 0.781. The van der Waals surface area contributed by atoms with Crippen LogP contribution in [0.3, 0.4) is 0 Å². The third-order valence-electron chi connectivity index (χ3n) is 3.70. The van der Waals surface area contributed by atoms with Gasteiger partial charge in [0.2, 0.25) is 0 Å². The van der Waals surface area contributed by atoms with Crippen molar-refractivity contribution in [1.29, 1.82) is 0 Å². The van der Waals surface area contributed by atoms with E-state index in [9.17, 15) is 4.79 Å². The number of amides is 1. The van der Waals surface area contributed by atoms with E-state index in [1.54, 1.807) is 12.1 Å². The Morgan fingerprint density at radius 2 is 1.92 bits per heavy atom. The van der Waals surface area contributed by atoms with Crippen molar-refractivity contribution in [3.63, 3.8) is 0 Å². The minimum atomic E-state index is -0.248. The van der Waals surface area contributed by atoms with Crippen LogP contribution in [0.15, 0.2) is 36.4 Å². The van der Waals surface area contributed by atoms with E-state index in [0.717, 1.165) is 17.8 Å². The van der Waals surface area contributed by atoms with Gasteiger partial charge in [-0.15, -0.1) is 0 Å². The SMILES string of the molecule is CN(C)c1ccccc1NC(=O)c1cc(Cl)c2c(c1)OCCCO2. The van der Waals surface area contributed by atoms with Crippen LogP contribution in [0.25, 0.3) is 0 Å². The lowest BCUT2D eigenvalue weighted by Gasteiger charge is -2.18. The highest BCUT2D eigenvalue weighted by molar-refractivity contribution is 6.32. The molecule has 6 heteroatoms. The molecule has 24 heavy (non-hydrogen) atoms. The monoisotopic (exact) mass is 346 g/mol. The molecule has 1 heterocycles. The normalized spacial score (nSPS) is 13.1. The first-order chi connectivity index (χ1) is 11.6. The minimum Gasteiger partial charge on any atom is -0.489 e. The minimum absolute atomic E-state index is 0.248. The molecule has 0 bridgehead atoms. The van der Waals surface area contributed by atoms with Gasteiger partial charge < -0.3 is 19.7 Å². The summed E-state index contributed by atoms with van der Waals surface area (Å²) in [6, 6.07) is 10.9. The van der Waals surface area contributed by atoms with E-state index in [1.165, 1.54) is 0 Å². The molecule has 3 rings (SSSR count). The van der Waals surface area contributed by atoms with Gasteiger partial charge in [-0.1, -0.05) is 23.7 Å². The van der Waals surface area contributed by atoms with Crippen molar-refractivity contribution >= 4 is 28.9 Å². The van der Waals surface area contributed by atoms with Crippen LogP contribution in [-0.2, 0) is 0 Å². The molecule has 0 saturated heterocycles. The number of para-hydroxylation sites is 2. The molecule has 126 valence electrons. The molecule has 1 aliphatic rings. The molecule has 1 aliphatic heterocycles. The largest absolute Gasteiger partial charge is 0.489 e. The number of fused-ring (bicyclic) bond motifs is 1. The Bertz CT molecular complexity index is 762. The summed E-state index contributed by atoms with van der Waals surface area (Å²) in [5, 5.41) is 3.30. The summed E-state index contributed by atoms with van der Waals surface area (Å²) < 4.78 is 11.2. The molecule has 0 aromatic heterocycles. The smallest absolute Gasteiger partial charge is 0.255 e. The summed E-state index contributed by atoms with van der Waals surface area (Å²) >= 11 is 6.26. The van der Waals surface area contributed by atoms with Gasteiger partial charge >= 0.3 is 0 Å². The maximum Gasteiger partial charge on any atom is 0.255 e. The molecule has 0 fully saturated rings. The fraction of sp³-hybridized carbons (Fsp3) is 0.278. The molecule has 0 saturated carbocycles. The van der Waals surface area contributed by atoms with Gasteiger partial charge in [0.05, 0.1) is 29.6 Å². The Kier molecular flexibility index (Phi) is 4.81. The predicted molar refractivity (Wildman–Crippen MR) is 95.8 cm³/mol. The molecule has 2 aromatic rings. The molecular formula is C18H19ClN2O3. The van der Waals surface area contributed by atoms with Gasteiger partial charge in [-0.2, -0.15) is 0 Å². The number of benzene rings is 2. The summed E-state index contributed by atoms with van der Waals surface area (Å²) in [4.78, 5) is 14.6. The number of hydrogen-bond donors (Lipinski definition) is 1. The second-order valence-corrected chi connectivity index (χ2v) is 6.11. The number of hydrogen-bond acceptors (Lipinski definition) is 4. The number of halogens is 1. The molecular weight excluding hydrogens is 328 g/mol. The standard InChI is InChI=1S/C18H19ClN2O3/c1-21(2)15-7-4-3-6-14(15)20-18(22)12-10-13(19)17-16(11-12)23-8-5-9-24-17/h3-4,6-7,10-11H,5,8-9H2,1-2H3,(H,20,22). The number of ether oxygens (including phenoxy) is 2. The lowest BCUT2D eigenvalue weighted by molar-refractivity contribution is 0.102. The van der Waals surface area contributed by atoms with E-state index >= 15 is 0 Å². The van der Waals surface area contributed by atoms with Gasteiger partial charge in [0.1, 0.15) is 0 Å². The number of nitrogens with one attached hydrogen (secondary N) is 1. The molecule has 0 unspecified atom stereocenters. The zero-order valence-electron chi connectivity index (χ0n) is 13.6. The highest BCUT2D eigenvalue weighted by atomic mass is 35.5. The van der Waals surface area contributed by atoms with Crippen LogP contribution >= 0.6 is 11.6 Å². The number of nitrogens with zero attached hydrogens (tertiary/aromatic N) is 1. The Morgan fingerprint density at radius 3 is 2.71 bits per heavy atom. The van der Waals surface area contributed by atoms with Crippen LogP contribution in [0.2, 0.25) is 5.02 Å². The molecule has 1 N–H and O–H groups in total. The van der Waals surface area contributed by atoms with Gasteiger partial charge in [0, 0.05) is 26.1 Å². The average Bonchev–Trinajstić information content (AvgIpc) is 2.81. The summed E-state index contributed by atoms with van der Waals surface area (Å²) in [5.41, 5.74) is 2.08. The maximum atomic E-state index is 12.6. The van der Waals surface area contributed by atoms with E-state index in [2.05, 4.69) is 5.32 Å². The average molecular weight is 347 g/mol. The van der Waals surface area contributed by atoms with Crippen LogP contribution in [0.5, 0.6) is 11.5 Å². The first-order valence-corrected chi connectivity index (χ1v) is 8.11. The Morgan fingerprint density at radius 1 is 1.17 bits per heavy atom. The van der Waals surface area contributed by atoms with Crippen molar-refractivity contribution in [2.24, 2.45) is 0 Å². The molecule has 2 aromatic carbocycles. The lowest BCUT2D eigenvalue weighted by atomic mass is 10.1. The van der Waals surface area contributed by atoms with Crippen molar-refractivity contribution in [2.45, 2.75) is 6.42 Å². The molecule has 5 nitrogen and oxygen atoms in total. The van der Waals surface area contributed by atoms with Crippen molar-refractivity contribution in [3.8, 4) is 11.5 Å². The van der Waals surface area contributed by atoms with Crippen molar-refractivity contribution in [2.75, 3.05) is 37.5 Å². The van der Waals surface area contributed by atoms with Gasteiger partial charge in [0.15, 0.2) is 11.5 Å². The fourth-order valence-corrected chi connectivity index (χ4v) is 2.79. The fourth-order valence-electron chi connectivity index (χ4n) is 2.53. The molecule has 1 amide bonds. The Balaban J connectivity index is 1.89. The number of anilines is 2. The first-order valence-electron chi connectivity index (χ1n) is 7.73. The molecule has 0 radical (unpaired) electrons. The van der Waals surface area contributed by atoms with Crippen LogP contribution in [-0.4, -0.2) is 33.2 Å². The summed E-state index contributed by atoms with van der Waals surface area (Å²) in [5.74, 6) is 0.757. The van der Waals surface area contributed by atoms with Crippen LogP contribution < -0.4 is 19.7 Å². The second kappa shape index (κ2) is 7.01. The van der Waals surface area contributed by atoms with Gasteiger partial charge in [-0.25, -0.2) is 0 Å². The molecule has 0 atom stereocenters. The first kappa shape index (κ1) is 16.5. The Labute approximate surface area is 146 Å². The number of rotatable bonds is 3. The topological polar surface area (TPSA) is 50.8 Å². The van der Waals surface area contributed by atoms with Gasteiger partial charge in [-0.3, -0.25) is 4.79 Å². The summed E-state index contributed by atoms with van der Waals surface area (Å²) in [6.45, 7) is 1.09. The molecule has 0 spiro atoms. The van der Waals surface area contributed by atoms with E-state index in [4.69, 9.17) is 21.1 Å². The Hall–Kier alpha value is -2.40. The van der Waals surface area contributed by atoms with Gasteiger partial charge in [-0.05, 0) is 24.3 Å². The van der Waals surface area contributed by atoms with E-state index < -0.39 is 0 Å². The highest BCUT2D eigenvalue weighted by Crippen LogP contribution is 2.38. The third-order valence-corrected chi connectivity index (χ3v) is 3.98. The number of carbonyl (C=O) groups is 1. The van der Waals surface area contributed by atoms with Crippen molar-refractivity contribution < 1.29 is 14.3 Å². The van der Waals surface area contributed by atoms with E-state index in [1.807, 2.05) is 43.3 Å².